The highest BCUT2D eigenvalue weighted by atomic mass is 16.4. The molecule has 90 valence electrons. The van der Waals surface area contributed by atoms with Crippen LogP contribution in [0.2, 0.25) is 0 Å². The molecule has 0 aliphatic heterocycles. The molecule has 0 atom stereocenters. The normalized spacial score (nSPS) is 11.2. The molecule has 0 bridgehead atoms. The number of nitrogens with zero attached hydrogens (tertiary/aromatic N) is 1. The van der Waals surface area contributed by atoms with E-state index in [1.165, 1.54) is 0 Å². The maximum atomic E-state index is 10.8. The van der Waals surface area contributed by atoms with Gasteiger partial charge in [0.05, 0.1) is 6.42 Å². The van der Waals surface area contributed by atoms with E-state index in [0.29, 0.717) is 5.92 Å². The van der Waals surface area contributed by atoms with Crippen LogP contribution in [-0.2, 0) is 17.8 Å². The summed E-state index contributed by atoms with van der Waals surface area (Å²) in [5.74, 6) is -0.235. The molecule has 1 N–H and O–H groups in total. The van der Waals surface area contributed by atoms with Crippen molar-refractivity contribution < 1.29 is 9.90 Å². The summed E-state index contributed by atoms with van der Waals surface area (Å²) in [5, 5.41) is 9.96. The summed E-state index contributed by atoms with van der Waals surface area (Å²) in [6, 6.07) is 7.98. The molecule has 0 fully saturated rings. The summed E-state index contributed by atoms with van der Waals surface area (Å²) < 4.78 is 2.15. The molecule has 2 aromatic rings. The smallest absolute Gasteiger partial charge is 0.307 e. The molecule has 0 aliphatic carbocycles. The quantitative estimate of drug-likeness (QED) is 0.879. The number of para-hydroxylation sites is 1. The van der Waals surface area contributed by atoms with Crippen molar-refractivity contribution in [1.29, 1.82) is 0 Å². The molecule has 0 aliphatic rings. The van der Waals surface area contributed by atoms with Crippen molar-refractivity contribution in [2.45, 2.75) is 26.8 Å². The number of rotatable bonds is 4. The van der Waals surface area contributed by atoms with Crippen molar-refractivity contribution in [3.63, 3.8) is 0 Å². The van der Waals surface area contributed by atoms with Crippen molar-refractivity contribution in [2.24, 2.45) is 5.92 Å². The number of carbonyl (C=O) groups is 1. The van der Waals surface area contributed by atoms with Gasteiger partial charge in [0.1, 0.15) is 0 Å². The summed E-state index contributed by atoms with van der Waals surface area (Å²) >= 11 is 0. The Morgan fingerprint density at radius 3 is 2.71 bits per heavy atom. The van der Waals surface area contributed by atoms with E-state index in [0.717, 1.165) is 23.0 Å². The first-order valence-electron chi connectivity index (χ1n) is 5.86. The molecule has 1 aromatic heterocycles. The van der Waals surface area contributed by atoms with Crippen LogP contribution in [-0.4, -0.2) is 15.6 Å². The molecular weight excluding hydrogens is 214 g/mol. The summed E-state index contributed by atoms with van der Waals surface area (Å²) in [6.07, 6.45) is 2.06. The molecule has 0 unspecified atom stereocenters. The Labute approximate surface area is 101 Å². The molecule has 0 amide bonds. The summed E-state index contributed by atoms with van der Waals surface area (Å²) in [6.45, 7) is 5.23. The average molecular weight is 231 g/mol. The van der Waals surface area contributed by atoms with Crippen LogP contribution in [0.15, 0.2) is 30.5 Å². The van der Waals surface area contributed by atoms with Gasteiger partial charge in [-0.25, -0.2) is 0 Å². The summed E-state index contributed by atoms with van der Waals surface area (Å²) in [4.78, 5) is 10.8. The minimum atomic E-state index is -0.780. The van der Waals surface area contributed by atoms with E-state index in [1.54, 1.807) is 0 Å². The molecule has 1 heterocycles. The van der Waals surface area contributed by atoms with Gasteiger partial charge in [-0.3, -0.25) is 4.79 Å². The van der Waals surface area contributed by atoms with Crippen LogP contribution in [0.5, 0.6) is 0 Å². The molecule has 0 spiro atoms. The Morgan fingerprint density at radius 1 is 1.35 bits per heavy atom. The largest absolute Gasteiger partial charge is 0.481 e. The minimum absolute atomic E-state index is 0.0889. The fourth-order valence-electron chi connectivity index (χ4n) is 2.17. The van der Waals surface area contributed by atoms with E-state index in [1.807, 2.05) is 30.5 Å². The fraction of sp³-hybridized carbons (Fsp3) is 0.357. The Hall–Kier alpha value is -1.77. The highest BCUT2D eigenvalue weighted by Gasteiger charge is 2.11. The van der Waals surface area contributed by atoms with Gasteiger partial charge in [-0.2, -0.15) is 0 Å². The standard InChI is InChI=1S/C14H17NO2/c1-10(2)8-15-9-11(7-14(16)17)12-5-3-4-6-13(12)15/h3-6,9-10H,7-8H2,1-2H3,(H,16,17). The number of fused-ring (bicyclic) bond motifs is 1. The Bertz CT molecular complexity index is 540. The Balaban J connectivity index is 2.50. The second kappa shape index (κ2) is 4.62. The molecule has 3 nitrogen and oxygen atoms in total. The Morgan fingerprint density at radius 2 is 2.06 bits per heavy atom. The fourth-order valence-corrected chi connectivity index (χ4v) is 2.17. The van der Waals surface area contributed by atoms with Crippen LogP contribution in [0.25, 0.3) is 10.9 Å². The maximum absolute atomic E-state index is 10.8. The predicted octanol–water partition coefficient (Wildman–Crippen LogP) is 2.92. The van der Waals surface area contributed by atoms with Crippen LogP contribution in [0.1, 0.15) is 19.4 Å². The monoisotopic (exact) mass is 231 g/mol. The molecule has 0 saturated heterocycles. The lowest BCUT2D eigenvalue weighted by molar-refractivity contribution is -0.136. The van der Waals surface area contributed by atoms with Gasteiger partial charge in [0.25, 0.3) is 0 Å². The van der Waals surface area contributed by atoms with Crippen LogP contribution < -0.4 is 0 Å². The molecule has 0 radical (unpaired) electrons. The number of benzene rings is 1. The lowest BCUT2D eigenvalue weighted by Crippen LogP contribution is -2.03. The zero-order valence-corrected chi connectivity index (χ0v) is 10.2. The van der Waals surface area contributed by atoms with E-state index >= 15 is 0 Å². The first-order valence-corrected chi connectivity index (χ1v) is 5.86. The first kappa shape index (κ1) is 11.7. The van der Waals surface area contributed by atoms with E-state index in [4.69, 9.17) is 5.11 Å². The third-order valence-electron chi connectivity index (χ3n) is 2.77. The van der Waals surface area contributed by atoms with E-state index in [-0.39, 0.29) is 6.42 Å². The van der Waals surface area contributed by atoms with Crippen molar-refractivity contribution in [3.8, 4) is 0 Å². The van der Waals surface area contributed by atoms with Gasteiger partial charge in [0, 0.05) is 23.6 Å². The van der Waals surface area contributed by atoms with Gasteiger partial charge < -0.3 is 9.67 Å². The third-order valence-corrected chi connectivity index (χ3v) is 2.77. The van der Waals surface area contributed by atoms with Crippen LogP contribution in [0, 0.1) is 5.92 Å². The second-order valence-corrected chi connectivity index (χ2v) is 4.79. The average Bonchev–Trinajstić information content (AvgIpc) is 2.56. The van der Waals surface area contributed by atoms with Crippen LogP contribution in [0.3, 0.4) is 0 Å². The predicted molar refractivity (Wildman–Crippen MR) is 68.1 cm³/mol. The van der Waals surface area contributed by atoms with Gasteiger partial charge in [-0.05, 0) is 17.5 Å². The number of carboxylic acid groups (broad SMARTS) is 1. The second-order valence-electron chi connectivity index (χ2n) is 4.79. The van der Waals surface area contributed by atoms with Gasteiger partial charge in [0.2, 0.25) is 0 Å². The minimum Gasteiger partial charge on any atom is -0.481 e. The van der Waals surface area contributed by atoms with Gasteiger partial charge in [-0.15, -0.1) is 0 Å². The van der Waals surface area contributed by atoms with Crippen molar-refractivity contribution in [1.82, 2.24) is 4.57 Å². The SMILES string of the molecule is CC(C)Cn1cc(CC(=O)O)c2ccccc21. The molecule has 17 heavy (non-hydrogen) atoms. The molecule has 0 saturated carbocycles. The number of carboxylic acids is 1. The van der Waals surface area contributed by atoms with Gasteiger partial charge in [-0.1, -0.05) is 32.0 Å². The van der Waals surface area contributed by atoms with Crippen molar-refractivity contribution in [2.75, 3.05) is 0 Å². The first-order chi connectivity index (χ1) is 8.08. The number of aromatic nitrogens is 1. The molecular formula is C14H17NO2. The van der Waals surface area contributed by atoms with E-state index in [2.05, 4.69) is 18.4 Å². The molecule has 3 heteroatoms. The lowest BCUT2D eigenvalue weighted by Gasteiger charge is -2.07. The van der Waals surface area contributed by atoms with E-state index in [9.17, 15) is 4.79 Å². The number of aliphatic carboxylic acids is 1. The van der Waals surface area contributed by atoms with Crippen LogP contribution in [0.4, 0.5) is 0 Å². The summed E-state index contributed by atoms with van der Waals surface area (Å²) in [5.41, 5.74) is 2.02. The highest BCUT2D eigenvalue weighted by molar-refractivity contribution is 5.87. The van der Waals surface area contributed by atoms with Gasteiger partial charge in [0.15, 0.2) is 0 Å². The number of hydrogen-bond donors (Lipinski definition) is 1. The molecule has 2 rings (SSSR count). The van der Waals surface area contributed by atoms with Crippen LogP contribution >= 0.6 is 0 Å². The van der Waals surface area contributed by atoms with E-state index < -0.39 is 5.97 Å². The van der Waals surface area contributed by atoms with Crippen molar-refractivity contribution in [3.05, 3.63) is 36.0 Å². The molecule has 1 aromatic carbocycles. The number of hydrogen-bond acceptors (Lipinski definition) is 1. The lowest BCUT2D eigenvalue weighted by atomic mass is 10.1. The zero-order valence-electron chi connectivity index (χ0n) is 10.2. The zero-order chi connectivity index (χ0) is 12.4. The maximum Gasteiger partial charge on any atom is 0.307 e. The summed E-state index contributed by atoms with van der Waals surface area (Å²) in [7, 11) is 0. The third kappa shape index (κ3) is 2.49. The van der Waals surface area contributed by atoms with Crippen molar-refractivity contribution >= 4 is 16.9 Å². The highest BCUT2D eigenvalue weighted by Crippen LogP contribution is 2.22. The Kier molecular flexibility index (Phi) is 3.18. The topological polar surface area (TPSA) is 42.2 Å². The van der Waals surface area contributed by atoms with Gasteiger partial charge >= 0.3 is 5.97 Å².